The molecule has 1 saturated heterocycles. The number of anilines is 2. The predicted molar refractivity (Wildman–Crippen MR) is 84.0 cm³/mol. The summed E-state index contributed by atoms with van der Waals surface area (Å²) in [7, 11) is 0. The summed E-state index contributed by atoms with van der Waals surface area (Å²) in [5.74, 6) is 0.0860. The molecule has 0 atom stereocenters. The fraction of sp³-hybridized carbons (Fsp3) is 0.562. The lowest BCUT2D eigenvalue weighted by atomic mass is 10.1. The van der Waals surface area contributed by atoms with Gasteiger partial charge in [-0.1, -0.05) is 12.1 Å². The number of para-hydroxylation sites is 2. The quantitative estimate of drug-likeness (QED) is 0.785. The fourth-order valence-corrected chi connectivity index (χ4v) is 2.63. The Morgan fingerprint density at radius 2 is 1.90 bits per heavy atom. The molecule has 1 fully saturated rings. The van der Waals surface area contributed by atoms with Crippen molar-refractivity contribution in [3.05, 3.63) is 24.3 Å². The van der Waals surface area contributed by atoms with Crippen LogP contribution in [0.3, 0.4) is 0 Å². The minimum absolute atomic E-state index is 0.0860. The Hall–Kier alpha value is -1.55. The first-order valence-electron chi connectivity index (χ1n) is 7.65. The van der Waals surface area contributed by atoms with E-state index in [0.29, 0.717) is 13.0 Å². The van der Waals surface area contributed by atoms with Crippen LogP contribution in [0.15, 0.2) is 24.3 Å². The number of nitrogens with one attached hydrogen (secondary N) is 1. The molecular formula is C16H25N3O. The summed E-state index contributed by atoms with van der Waals surface area (Å²) in [6, 6.07) is 8.10. The van der Waals surface area contributed by atoms with Crippen LogP contribution in [0.5, 0.6) is 0 Å². The third-order valence-electron chi connectivity index (χ3n) is 3.73. The number of rotatable bonds is 6. The highest BCUT2D eigenvalue weighted by Crippen LogP contribution is 2.28. The van der Waals surface area contributed by atoms with Gasteiger partial charge in [-0.15, -0.1) is 0 Å². The van der Waals surface area contributed by atoms with Gasteiger partial charge in [-0.25, -0.2) is 0 Å². The summed E-state index contributed by atoms with van der Waals surface area (Å²) in [5, 5.41) is 3.05. The molecule has 0 spiro atoms. The first-order valence-corrected chi connectivity index (χ1v) is 7.65. The van der Waals surface area contributed by atoms with E-state index in [9.17, 15) is 4.79 Å². The molecule has 0 aliphatic carbocycles. The van der Waals surface area contributed by atoms with Crippen LogP contribution in [0, 0.1) is 0 Å². The number of amides is 1. The second kappa shape index (κ2) is 7.90. The Balaban J connectivity index is 1.98. The van der Waals surface area contributed by atoms with Crippen molar-refractivity contribution < 1.29 is 4.79 Å². The zero-order chi connectivity index (χ0) is 14.2. The molecule has 0 bridgehead atoms. The topological polar surface area (TPSA) is 58.4 Å². The molecule has 0 radical (unpaired) electrons. The molecule has 0 aromatic heterocycles. The SMILES string of the molecule is NCCCCC(=O)Nc1ccccc1N1CCCCC1. The highest BCUT2D eigenvalue weighted by atomic mass is 16.1. The summed E-state index contributed by atoms with van der Waals surface area (Å²) in [4.78, 5) is 14.3. The molecule has 4 nitrogen and oxygen atoms in total. The Morgan fingerprint density at radius 3 is 2.65 bits per heavy atom. The van der Waals surface area contributed by atoms with E-state index in [-0.39, 0.29) is 5.91 Å². The van der Waals surface area contributed by atoms with Crippen molar-refractivity contribution in [2.75, 3.05) is 29.9 Å². The van der Waals surface area contributed by atoms with Gasteiger partial charge >= 0.3 is 0 Å². The summed E-state index contributed by atoms with van der Waals surface area (Å²) in [5.41, 5.74) is 7.54. The van der Waals surface area contributed by atoms with Gasteiger partial charge in [0, 0.05) is 19.5 Å². The molecule has 1 amide bonds. The number of carbonyl (C=O) groups is 1. The zero-order valence-electron chi connectivity index (χ0n) is 12.1. The van der Waals surface area contributed by atoms with Gasteiger partial charge in [0.15, 0.2) is 0 Å². The minimum Gasteiger partial charge on any atom is -0.370 e. The first-order chi connectivity index (χ1) is 9.81. The third kappa shape index (κ3) is 4.23. The summed E-state index contributed by atoms with van der Waals surface area (Å²) in [6.07, 6.45) is 6.09. The Morgan fingerprint density at radius 1 is 1.15 bits per heavy atom. The van der Waals surface area contributed by atoms with Crippen LogP contribution < -0.4 is 16.0 Å². The number of hydrogen-bond donors (Lipinski definition) is 2. The molecule has 1 aromatic rings. The average Bonchev–Trinajstić information content (AvgIpc) is 2.49. The molecule has 1 aliphatic heterocycles. The van der Waals surface area contributed by atoms with Crippen molar-refractivity contribution >= 4 is 17.3 Å². The number of nitrogens with two attached hydrogens (primary N) is 1. The van der Waals surface area contributed by atoms with E-state index in [2.05, 4.69) is 16.3 Å². The number of benzene rings is 1. The van der Waals surface area contributed by atoms with Gasteiger partial charge in [-0.2, -0.15) is 0 Å². The predicted octanol–water partition coefficient (Wildman–Crippen LogP) is 2.74. The second-order valence-electron chi connectivity index (χ2n) is 5.36. The van der Waals surface area contributed by atoms with Crippen molar-refractivity contribution in [3.63, 3.8) is 0 Å². The number of unbranched alkanes of at least 4 members (excludes halogenated alkanes) is 1. The molecular weight excluding hydrogens is 250 g/mol. The van der Waals surface area contributed by atoms with E-state index in [1.807, 2.05) is 18.2 Å². The van der Waals surface area contributed by atoms with Crippen LogP contribution >= 0.6 is 0 Å². The molecule has 3 N–H and O–H groups in total. The monoisotopic (exact) mass is 275 g/mol. The molecule has 2 rings (SSSR count). The van der Waals surface area contributed by atoms with E-state index in [1.54, 1.807) is 0 Å². The van der Waals surface area contributed by atoms with Gasteiger partial charge in [0.05, 0.1) is 11.4 Å². The zero-order valence-corrected chi connectivity index (χ0v) is 12.1. The van der Waals surface area contributed by atoms with Crippen LogP contribution in [0.25, 0.3) is 0 Å². The Kier molecular flexibility index (Phi) is 5.87. The van der Waals surface area contributed by atoms with Crippen molar-refractivity contribution in [1.29, 1.82) is 0 Å². The lowest BCUT2D eigenvalue weighted by molar-refractivity contribution is -0.116. The summed E-state index contributed by atoms with van der Waals surface area (Å²) in [6.45, 7) is 2.82. The van der Waals surface area contributed by atoms with Crippen molar-refractivity contribution in [1.82, 2.24) is 0 Å². The van der Waals surface area contributed by atoms with Gasteiger partial charge in [0.25, 0.3) is 0 Å². The molecule has 1 aromatic carbocycles. The maximum Gasteiger partial charge on any atom is 0.224 e. The number of carbonyl (C=O) groups excluding carboxylic acids is 1. The van der Waals surface area contributed by atoms with E-state index in [0.717, 1.165) is 37.3 Å². The van der Waals surface area contributed by atoms with Crippen LogP contribution in [-0.4, -0.2) is 25.5 Å². The third-order valence-corrected chi connectivity index (χ3v) is 3.73. The lowest BCUT2D eigenvalue weighted by Gasteiger charge is -2.30. The molecule has 1 aliphatic rings. The molecule has 20 heavy (non-hydrogen) atoms. The second-order valence-corrected chi connectivity index (χ2v) is 5.36. The van der Waals surface area contributed by atoms with Crippen molar-refractivity contribution in [2.45, 2.75) is 38.5 Å². The van der Waals surface area contributed by atoms with Crippen molar-refractivity contribution in [3.8, 4) is 0 Å². The normalized spacial score (nSPS) is 15.2. The summed E-state index contributed by atoms with van der Waals surface area (Å²) < 4.78 is 0. The van der Waals surface area contributed by atoms with Gasteiger partial charge < -0.3 is 16.0 Å². The molecule has 0 unspecified atom stereocenters. The fourth-order valence-electron chi connectivity index (χ4n) is 2.63. The van der Waals surface area contributed by atoms with E-state index >= 15 is 0 Å². The number of piperidine rings is 1. The number of nitrogens with zero attached hydrogens (tertiary/aromatic N) is 1. The van der Waals surface area contributed by atoms with E-state index < -0.39 is 0 Å². The van der Waals surface area contributed by atoms with Crippen molar-refractivity contribution in [2.24, 2.45) is 5.73 Å². The largest absolute Gasteiger partial charge is 0.370 e. The number of hydrogen-bond acceptors (Lipinski definition) is 3. The van der Waals surface area contributed by atoms with Crippen LogP contribution in [0.4, 0.5) is 11.4 Å². The highest BCUT2D eigenvalue weighted by molar-refractivity contribution is 5.94. The van der Waals surface area contributed by atoms with Crippen LogP contribution in [0.2, 0.25) is 0 Å². The Labute approximate surface area is 121 Å². The van der Waals surface area contributed by atoms with Gasteiger partial charge in [-0.3, -0.25) is 4.79 Å². The molecule has 4 heteroatoms. The molecule has 1 heterocycles. The van der Waals surface area contributed by atoms with Gasteiger partial charge in [0.2, 0.25) is 5.91 Å². The first kappa shape index (κ1) is 14.9. The maximum atomic E-state index is 12.0. The lowest BCUT2D eigenvalue weighted by Crippen LogP contribution is -2.30. The average molecular weight is 275 g/mol. The summed E-state index contributed by atoms with van der Waals surface area (Å²) >= 11 is 0. The molecule has 0 saturated carbocycles. The standard InChI is InChI=1S/C16H25N3O/c17-11-5-4-10-16(20)18-14-8-2-3-9-15(14)19-12-6-1-7-13-19/h2-3,8-9H,1,4-7,10-13,17H2,(H,18,20). The van der Waals surface area contributed by atoms with Crippen LogP contribution in [0.1, 0.15) is 38.5 Å². The van der Waals surface area contributed by atoms with E-state index in [4.69, 9.17) is 5.73 Å². The Bertz CT molecular complexity index is 427. The maximum absolute atomic E-state index is 12.0. The van der Waals surface area contributed by atoms with E-state index in [1.165, 1.54) is 19.3 Å². The smallest absolute Gasteiger partial charge is 0.224 e. The van der Waals surface area contributed by atoms with Crippen LogP contribution in [-0.2, 0) is 4.79 Å². The van der Waals surface area contributed by atoms with Gasteiger partial charge in [-0.05, 0) is 50.8 Å². The van der Waals surface area contributed by atoms with Gasteiger partial charge in [0.1, 0.15) is 0 Å². The molecule has 110 valence electrons. The minimum atomic E-state index is 0.0860. The highest BCUT2D eigenvalue weighted by Gasteiger charge is 2.15.